The quantitative estimate of drug-likeness (QED) is 0.690. The van der Waals surface area contributed by atoms with E-state index in [2.05, 4.69) is 20.6 Å². The Bertz CT molecular complexity index is 940. The third-order valence-corrected chi connectivity index (χ3v) is 6.02. The molecule has 2 aliphatic rings. The maximum Gasteiger partial charge on any atom is 0.232 e. The number of hydrogen-bond donors (Lipinski definition) is 3. The highest BCUT2D eigenvalue weighted by Gasteiger charge is 2.43. The van der Waals surface area contributed by atoms with Gasteiger partial charge in [-0.3, -0.25) is 15.1 Å². The Kier molecular flexibility index (Phi) is 5.62. The summed E-state index contributed by atoms with van der Waals surface area (Å²) in [6.45, 7) is 4.95. The molecule has 0 unspecified atom stereocenters. The molecule has 158 valence electrons. The standard InChI is InChI=1S/C21H25ClN6O2/c1-13-24-11-14(12-25-13)26-17-5-3-4-16(19(17)22)21(2)10-18(29)28(20(23)27-21)15-6-8-30-9-7-15/h3-5,11-12,15,26H,6-10H2,1-2H3,(H2,23,27)/t21-/m0/s1. The summed E-state index contributed by atoms with van der Waals surface area (Å²) < 4.78 is 5.39. The van der Waals surface area contributed by atoms with E-state index in [1.54, 1.807) is 17.3 Å². The first-order chi connectivity index (χ1) is 14.4. The van der Waals surface area contributed by atoms with Gasteiger partial charge in [0.2, 0.25) is 5.91 Å². The highest BCUT2D eigenvalue weighted by Crippen LogP contribution is 2.39. The van der Waals surface area contributed by atoms with E-state index in [1.807, 2.05) is 32.0 Å². The van der Waals surface area contributed by atoms with E-state index >= 15 is 0 Å². The first-order valence-corrected chi connectivity index (χ1v) is 10.4. The van der Waals surface area contributed by atoms with Gasteiger partial charge in [0, 0.05) is 19.3 Å². The number of anilines is 2. The lowest BCUT2D eigenvalue weighted by molar-refractivity contribution is -0.133. The highest BCUT2D eigenvalue weighted by molar-refractivity contribution is 6.34. The number of carbonyl (C=O) groups excluding carboxylic acids is 1. The Labute approximate surface area is 180 Å². The Morgan fingerprint density at radius 3 is 2.67 bits per heavy atom. The number of nitrogens with zero attached hydrogens (tertiary/aromatic N) is 3. The number of halogens is 1. The third-order valence-electron chi connectivity index (χ3n) is 5.62. The molecule has 0 spiro atoms. The molecule has 2 fully saturated rings. The van der Waals surface area contributed by atoms with E-state index in [4.69, 9.17) is 21.7 Å². The zero-order chi connectivity index (χ0) is 21.3. The summed E-state index contributed by atoms with van der Waals surface area (Å²) >= 11 is 6.74. The van der Waals surface area contributed by atoms with Crippen molar-refractivity contribution in [3.8, 4) is 0 Å². The minimum absolute atomic E-state index is 0.000750. The number of aromatic nitrogens is 2. The van der Waals surface area contributed by atoms with E-state index in [0.717, 1.165) is 24.1 Å². The molecule has 0 saturated carbocycles. The maximum atomic E-state index is 13.0. The van der Waals surface area contributed by atoms with Crippen molar-refractivity contribution in [2.75, 3.05) is 18.5 Å². The monoisotopic (exact) mass is 428 g/mol. The van der Waals surface area contributed by atoms with Crippen molar-refractivity contribution < 1.29 is 9.53 Å². The molecule has 0 radical (unpaired) electrons. The molecular formula is C21H25ClN6O2. The molecule has 8 nitrogen and oxygen atoms in total. The number of benzene rings is 1. The molecule has 4 rings (SSSR count). The second-order valence-electron chi connectivity index (χ2n) is 7.90. The average Bonchev–Trinajstić information content (AvgIpc) is 2.71. The minimum atomic E-state index is -0.783. The molecular weight excluding hydrogens is 404 g/mol. The van der Waals surface area contributed by atoms with Gasteiger partial charge in [-0.1, -0.05) is 23.7 Å². The number of rotatable bonds is 4. The van der Waals surface area contributed by atoms with Crippen LogP contribution in [0.5, 0.6) is 0 Å². The Balaban J connectivity index is 1.58. The lowest BCUT2D eigenvalue weighted by Gasteiger charge is -2.45. The second kappa shape index (κ2) is 8.20. The van der Waals surface area contributed by atoms with Gasteiger partial charge in [0.15, 0.2) is 5.96 Å². The van der Waals surface area contributed by atoms with Crippen LogP contribution in [-0.4, -0.2) is 46.0 Å². The minimum Gasteiger partial charge on any atom is -0.381 e. The van der Waals surface area contributed by atoms with Crippen LogP contribution in [0.3, 0.4) is 0 Å². The maximum absolute atomic E-state index is 13.0. The van der Waals surface area contributed by atoms with Gasteiger partial charge in [-0.15, -0.1) is 0 Å². The van der Waals surface area contributed by atoms with Gasteiger partial charge in [-0.05, 0) is 38.3 Å². The van der Waals surface area contributed by atoms with Crippen molar-refractivity contribution in [3.05, 3.63) is 47.0 Å². The Hall–Kier alpha value is -2.71. The number of aryl methyl sites for hydroxylation is 1. The van der Waals surface area contributed by atoms with Crippen LogP contribution in [0.4, 0.5) is 11.4 Å². The molecule has 1 aromatic carbocycles. The molecule has 2 saturated heterocycles. The molecule has 2 aromatic rings. The van der Waals surface area contributed by atoms with Gasteiger partial charge < -0.3 is 15.4 Å². The Morgan fingerprint density at radius 1 is 1.30 bits per heavy atom. The summed E-state index contributed by atoms with van der Waals surface area (Å²) in [5.41, 5.74) is 1.38. The summed E-state index contributed by atoms with van der Waals surface area (Å²) in [4.78, 5) is 23.0. The molecule has 2 aliphatic heterocycles. The molecule has 1 aromatic heterocycles. The van der Waals surface area contributed by atoms with E-state index in [0.29, 0.717) is 29.7 Å². The average molecular weight is 429 g/mol. The van der Waals surface area contributed by atoms with Crippen molar-refractivity contribution in [2.45, 2.75) is 44.7 Å². The molecule has 0 aliphatic carbocycles. The number of amides is 1. The van der Waals surface area contributed by atoms with Gasteiger partial charge in [-0.2, -0.15) is 0 Å². The lowest BCUT2D eigenvalue weighted by Crippen LogP contribution is -2.62. The number of carbonyl (C=O) groups is 1. The molecule has 3 N–H and O–H groups in total. The van der Waals surface area contributed by atoms with Crippen LogP contribution in [0.1, 0.15) is 37.6 Å². The van der Waals surface area contributed by atoms with E-state index < -0.39 is 5.54 Å². The van der Waals surface area contributed by atoms with Crippen molar-refractivity contribution in [3.63, 3.8) is 0 Å². The number of ether oxygens (including phenoxy) is 1. The SMILES string of the molecule is Cc1ncc(Nc2cccc([C@]3(C)CC(=O)N(C4CCOCC4)C(=N)N3)c2Cl)cn1. The predicted molar refractivity (Wildman–Crippen MR) is 115 cm³/mol. The molecule has 1 amide bonds. The number of nitrogens with one attached hydrogen (secondary N) is 3. The van der Waals surface area contributed by atoms with Crippen molar-refractivity contribution in [2.24, 2.45) is 0 Å². The van der Waals surface area contributed by atoms with Crippen LogP contribution in [-0.2, 0) is 15.1 Å². The highest BCUT2D eigenvalue weighted by atomic mass is 35.5. The van der Waals surface area contributed by atoms with Crippen LogP contribution in [0.15, 0.2) is 30.6 Å². The zero-order valence-corrected chi connectivity index (χ0v) is 17.8. The third kappa shape index (κ3) is 3.97. The van der Waals surface area contributed by atoms with Crippen LogP contribution in [0, 0.1) is 12.3 Å². The zero-order valence-electron chi connectivity index (χ0n) is 17.0. The van der Waals surface area contributed by atoms with Crippen LogP contribution in [0.2, 0.25) is 5.02 Å². The van der Waals surface area contributed by atoms with Crippen LogP contribution < -0.4 is 10.6 Å². The first kappa shape index (κ1) is 20.6. The lowest BCUT2D eigenvalue weighted by atomic mass is 9.85. The molecule has 30 heavy (non-hydrogen) atoms. The topological polar surface area (TPSA) is 103 Å². The second-order valence-corrected chi connectivity index (χ2v) is 8.28. The molecule has 9 heteroatoms. The van der Waals surface area contributed by atoms with Crippen molar-refractivity contribution in [1.82, 2.24) is 20.2 Å². The van der Waals surface area contributed by atoms with Crippen LogP contribution >= 0.6 is 11.6 Å². The molecule has 3 heterocycles. The molecule has 1 atom stereocenters. The summed E-state index contributed by atoms with van der Waals surface area (Å²) in [7, 11) is 0. The van der Waals surface area contributed by atoms with Gasteiger partial charge in [0.05, 0.1) is 40.8 Å². The normalized spacial score (nSPS) is 22.7. The largest absolute Gasteiger partial charge is 0.381 e. The van der Waals surface area contributed by atoms with Crippen molar-refractivity contribution in [1.29, 1.82) is 5.41 Å². The van der Waals surface area contributed by atoms with Crippen molar-refractivity contribution >= 4 is 34.8 Å². The van der Waals surface area contributed by atoms with Gasteiger partial charge in [-0.25, -0.2) is 9.97 Å². The van der Waals surface area contributed by atoms with Gasteiger partial charge in [0.25, 0.3) is 0 Å². The van der Waals surface area contributed by atoms with E-state index in [9.17, 15) is 4.79 Å². The smallest absolute Gasteiger partial charge is 0.232 e. The van der Waals surface area contributed by atoms with Gasteiger partial charge in [0.1, 0.15) is 5.82 Å². The summed E-state index contributed by atoms with van der Waals surface area (Å²) in [6.07, 6.45) is 5.08. The molecule has 0 bridgehead atoms. The fraction of sp³-hybridized carbons (Fsp3) is 0.429. The summed E-state index contributed by atoms with van der Waals surface area (Å²) in [5.74, 6) is 0.724. The first-order valence-electron chi connectivity index (χ1n) is 9.98. The fourth-order valence-corrected chi connectivity index (χ4v) is 4.42. The van der Waals surface area contributed by atoms with Crippen LogP contribution in [0.25, 0.3) is 0 Å². The number of hydrogen-bond acceptors (Lipinski definition) is 6. The number of guanidine groups is 1. The van der Waals surface area contributed by atoms with E-state index in [-0.39, 0.29) is 24.3 Å². The fourth-order valence-electron chi connectivity index (χ4n) is 4.04. The van der Waals surface area contributed by atoms with E-state index in [1.165, 1.54) is 0 Å². The predicted octanol–water partition coefficient (Wildman–Crippen LogP) is 3.33. The van der Waals surface area contributed by atoms with Gasteiger partial charge >= 0.3 is 0 Å². The Morgan fingerprint density at radius 2 is 2.00 bits per heavy atom. The summed E-state index contributed by atoms with van der Waals surface area (Å²) in [5, 5.41) is 15.5. The summed E-state index contributed by atoms with van der Waals surface area (Å²) in [6, 6.07) is 5.63.